The summed E-state index contributed by atoms with van der Waals surface area (Å²) in [5.74, 6) is 0. The molecule has 0 aliphatic rings. The molecule has 18 heavy (non-hydrogen) atoms. The van der Waals surface area contributed by atoms with Gasteiger partial charge in [-0.3, -0.25) is 4.79 Å². The lowest BCUT2D eigenvalue weighted by Gasteiger charge is -2.17. The summed E-state index contributed by atoms with van der Waals surface area (Å²) in [6.07, 6.45) is 4.59. The third-order valence-corrected chi connectivity index (χ3v) is 2.88. The highest BCUT2D eigenvalue weighted by Gasteiger charge is 2.04. The standard InChI is InChI=1S/C13H24N4O/c1-4-7-16(3)12-9-13(18)17(15-10-12)8-5-6-11(2)14/h9-11H,4-8,14H2,1-3H3. The number of hydrogen-bond donors (Lipinski definition) is 1. The van der Waals surface area contributed by atoms with E-state index in [2.05, 4.69) is 12.0 Å². The number of hydrogen-bond acceptors (Lipinski definition) is 4. The molecule has 1 rings (SSSR count). The molecule has 0 saturated heterocycles. The molecule has 1 atom stereocenters. The second kappa shape index (κ2) is 7.16. The van der Waals surface area contributed by atoms with Gasteiger partial charge < -0.3 is 10.6 Å². The number of aryl methyl sites for hydroxylation is 1. The first kappa shape index (κ1) is 14.7. The molecule has 0 spiro atoms. The second-order valence-corrected chi connectivity index (χ2v) is 4.82. The number of nitrogens with two attached hydrogens (primary N) is 1. The van der Waals surface area contributed by atoms with Crippen LogP contribution in [0.25, 0.3) is 0 Å². The Hall–Kier alpha value is -1.36. The summed E-state index contributed by atoms with van der Waals surface area (Å²) in [7, 11) is 1.97. The first-order valence-corrected chi connectivity index (χ1v) is 6.58. The monoisotopic (exact) mass is 252 g/mol. The van der Waals surface area contributed by atoms with Gasteiger partial charge in [0.05, 0.1) is 11.9 Å². The number of anilines is 1. The van der Waals surface area contributed by atoms with Gasteiger partial charge in [0, 0.05) is 32.2 Å². The molecule has 5 nitrogen and oxygen atoms in total. The van der Waals surface area contributed by atoms with Gasteiger partial charge in [-0.15, -0.1) is 0 Å². The van der Waals surface area contributed by atoms with Crippen molar-refractivity contribution in [3.05, 3.63) is 22.6 Å². The average molecular weight is 252 g/mol. The van der Waals surface area contributed by atoms with E-state index >= 15 is 0 Å². The molecular formula is C13H24N4O. The van der Waals surface area contributed by atoms with E-state index in [0.717, 1.165) is 31.5 Å². The molecule has 0 aromatic carbocycles. The number of rotatable bonds is 7. The van der Waals surface area contributed by atoms with Crippen LogP contribution in [0.4, 0.5) is 5.69 Å². The molecule has 0 aliphatic carbocycles. The van der Waals surface area contributed by atoms with Crippen molar-refractivity contribution >= 4 is 5.69 Å². The Labute approximate surface area is 109 Å². The van der Waals surface area contributed by atoms with E-state index < -0.39 is 0 Å². The maximum atomic E-state index is 11.9. The van der Waals surface area contributed by atoms with Crippen molar-refractivity contribution in [1.82, 2.24) is 9.78 Å². The second-order valence-electron chi connectivity index (χ2n) is 4.82. The quantitative estimate of drug-likeness (QED) is 0.792. The Kier molecular flexibility index (Phi) is 5.85. The summed E-state index contributed by atoms with van der Waals surface area (Å²) in [4.78, 5) is 13.9. The fraction of sp³-hybridized carbons (Fsp3) is 0.692. The van der Waals surface area contributed by atoms with Gasteiger partial charge in [-0.05, 0) is 26.2 Å². The van der Waals surface area contributed by atoms with Gasteiger partial charge in [0.2, 0.25) is 0 Å². The van der Waals surface area contributed by atoms with Crippen LogP contribution in [0.3, 0.4) is 0 Å². The molecule has 1 aromatic rings. The van der Waals surface area contributed by atoms with Gasteiger partial charge >= 0.3 is 0 Å². The van der Waals surface area contributed by atoms with Crippen LogP contribution in [0.2, 0.25) is 0 Å². The summed E-state index contributed by atoms with van der Waals surface area (Å²) in [6.45, 7) is 5.64. The minimum absolute atomic E-state index is 0.0415. The Morgan fingerprint density at radius 2 is 2.28 bits per heavy atom. The van der Waals surface area contributed by atoms with Gasteiger partial charge in [-0.1, -0.05) is 6.92 Å². The van der Waals surface area contributed by atoms with Gasteiger partial charge in [-0.25, -0.2) is 4.68 Å². The van der Waals surface area contributed by atoms with E-state index in [4.69, 9.17) is 5.73 Å². The molecule has 0 fully saturated rings. The van der Waals surface area contributed by atoms with Crippen molar-refractivity contribution in [1.29, 1.82) is 0 Å². The van der Waals surface area contributed by atoms with E-state index in [1.54, 1.807) is 12.3 Å². The van der Waals surface area contributed by atoms with Gasteiger partial charge in [-0.2, -0.15) is 5.10 Å². The van der Waals surface area contributed by atoms with Crippen LogP contribution >= 0.6 is 0 Å². The Morgan fingerprint density at radius 3 is 2.83 bits per heavy atom. The van der Waals surface area contributed by atoms with Crippen LogP contribution in [-0.2, 0) is 6.54 Å². The molecular weight excluding hydrogens is 228 g/mol. The molecule has 2 N–H and O–H groups in total. The maximum absolute atomic E-state index is 11.9. The van der Waals surface area contributed by atoms with E-state index in [1.807, 2.05) is 18.9 Å². The minimum atomic E-state index is -0.0415. The molecule has 0 amide bonds. The largest absolute Gasteiger partial charge is 0.373 e. The zero-order chi connectivity index (χ0) is 13.5. The first-order chi connectivity index (χ1) is 8.54. The van der Waals surface area contributed by atoms with E-state index in [-0.39, 0.29) is 11.6 Å². The summed E-state index contributed by atoms with van der Waals surface area (Å²) in [5.41, 5.74) is 6.52. The van der Waals surface area contributed by atoms with Crippen LogP contribution in [0, 0.1) is 0 Å². The highest BCUT2D eigenvalue weighted by Crippen LogP contribution is 2.07. The summed E-state index contributed by atoms with van der Waals surface area (Å²) >= 11 is 0. The molecule has 1 aromatic heterocycles. The molecule has 0 saturated carbocycles. The van der Waals surface area contributed by atoms with Gasteiger partial charge in [0.1, 0.15) is 0 Å². The van der Waals surface area contributed by atoms with Crippen molar-refractivity contribution in [3.8, 4) is 0 Å². The van der Waals surface area contributed by atoms with Crippen molar-refractivity contribution in [2.45, 2.75) is 45.7 Å². The Balaban J connectivity index is 2.65. The van der Waals surface area contributed by atoms with Crippen LogP contribution < -0.4 is 16.2 Å². The van der Waals surface area contributed by atoms with Gasteiger partial charge in [0.25, 0.3) is 5.56 Å². The van der Waals surface area contributed by atoms with Crippen molar-refractivity contribution in [2.24, 2.45) is 5.73 Å². The normalized spacial score (nSPS) is 12.4. The van der Waals surface area contributed by atoms with E-state index in [9.17, 15) is 4.79 Å². The first-order valence-electron chi connectivity index (χ1n) is 6.58. The smallest absolute Gasteiger partial charge is 0.268 e. The van der Waals surface area contributed by atoms with Crippen LogP contribution in [-0.4, -0.2) is 29.4 Å². The molecule has 1 unspecified atom stereocenters. The molecule has 102 valence electrons. The van der Waals surface area contributed by atoms with Crippen molar-refractivity contribution in [2.75, 3.05) is 18.5 Å². The van der Waals surface area contributed by atoms with Crippen LogP contribution in [0.5, 0.6) is 0 Å². The zero-order valence-electron chi connectivity index (χ0n) is 11.6. The zero-order valence-corrected chi connectivity index (χ0v) is 11.6. The Bertz CT molecular complexity index is 414. The maximum Gasteiger partial charge on any atom is 0.268 e. The topological polar surface area (TPSA) is 64.2 Å². The predicted molar refractivity (Wildman–Crippen MR) is 74.9 cm³/mol. The lowest BCUT2D eigenvalue weighted by atomic mass is 10.2. The highest BCUT2D eigenvalue weighted by atomic mass is 16.1. The molecule has 1 heterocycles. The third kappa shape index (κ3) is 4.49. The molecule has 5 heteroatoms. The van der Waals surface area contributed by atoms with E-state index in [1.165, 1.54) is 4.68 Å². The number of nitrogens with zero attached hydrogens (tertiary/aromatic N) is 3. The summed E-state index contributed by atoms with van der Waals surface area (Å²) in [5, 5.41) is 4.20. The number of aromatic nitrogens is 2. The average Bonchev–Trinajstić information content (AvgIpc) is 2.31. The van der Waals surface area contributed by atoms with Crippen LogP contribution in [0.15, 0.2) is 17.1 Å². The van der Waals surface area contributed by atoms with Crippen molar-refractivity contribution < 1.29 is 0 Å². The van der Waals surface area contributed by atoms with Crippen molar-refractivity contribution in [3.63, 3.8) is 0 Å². The van der Waals surface area contributed by atoms with E-state index in [0.29, 0.717) is 6.54 Å². The third-order valence-electron chi connectivity index (χ3n) is 2.88. The molecule has 0 radical (unpaired) electrons. The highest BCUT2D eigenvalue weighted by molar-refractivity contribution is 5.41. The lowest BCUT2D eigenvalue weighted by Crippen LogP contribution is -2.26. The molecule has 0 bridgehead atoms. The lowest BCUT2D eigenvalue weighted by molar-refractivity contribution is 0.505. The predicted octanol–water partition coefficient (Wildman–Crippen LogP) is 1.22. The van der Waals surface area contributed by atoms with Crippen LogP contribution in [0.1, 0.15) is 33.1 Å². The summed E-state index contributed by atoms with van der Waals surface area (Å²) < 4.78 is 1.51. The summed E-state index contributed by atoms with van der Waals surface area (Å²) in [6, 6.07) is 1.82. The molecule has 0 aliphatic heterocycles. The SMILES string of the molecule is CCCN(C)c1cnn(CCCC(C)N)c(=O)c1. The van der Waals surface area contributed by atoms with Gasteiger partial charge in [0.15, 0.2) is 0 Å². The Morgan fingerprint density at radius 1 is 1.56 bits per heavy atom. The fourth-order valence-electron chi connectivity index (χ4n) is 1.83. The fourth-order valence-corrected chi connectivity index (χ4v) is 1.83. The minimum Gasteiger partial charge on any atom is -0.373 e.